The molecule has 0 heterocycles. The Morgan fingerprint density at radius 1 is 1.20 bits per heavy atom. The second kappa shape index (κ2) is 5.65. The standard InChI is InChI=1S/C16H18N2O2/c1-3-18(14-7-5-4-6-11(14)2)15-9-8-12(16(19)20)10-13(15)17/h4-10H,3,17H2,1-2H3,(H,19,20). The Kier molecular flexibility index (Phi) is 3.94. The lowest BCUT2D eigenvalue weighted by Gasteiger charge is -2.26. The van der Waals surface area contributed by atoms with E-state index >= 15 is 0 Å². The summed E-state index contributed by atoms with van der Waals surface area (Å²) in [5, 5.41) is 8.99. The van der Waals surface area contributed by atoms with Crippen molar-refractivity contribution in [3.8, 4) is 0 Å². The van der Waals surface area contributed by atoms with E-state index in [9.17, 15) is 4.79 Å². The molecule has 0 unspecified atom stereocenters. The van der Waals surface area contributed by atoms with Crippen LogP contribution < -0.4 is 10.6 Å². The summed E-state index contributed by atoms with van der Waals surface area (Å²) in [6.45, 7) is 4.83. The number of para-hydroxylation sites is 1. The second-order valence-corrected chi connectivity index (χ2v) is 4.61. The van der Waals surface area contributed by atoms with Gasteiger partial charge in [0.1, 0.15) is 0 Å². The molecule has 0 aliphatic heterocycles. The van der Waals surface area contributed by atoms with Crippen LogP contribution in [0.4, 0.5) is 17.1 Å². The van der Waals surface area contributed by atoms with E-state index in [1.165, 1.54) is 6.07 Å². The van der Waals surface area contributed by atoms with Gasteiger partial charge in [0.25, 0.3) is 0 Å². The molecule has 0 aliphatic carbocycles. The normalized spacial score (nSPS) is 10.3. The predicted molar refractivity (Wildman–Crippen MR) is 81.7 cm³/mol. The molecule has 4 heteroatoms. The number of aryl methyl sites for hydroxylation is 1. The lowest BCUT2D eigenvalue weighted by atomic mass is 10.1. The molecule has 0 bridgehead atoms. The van der Waals surface area contributed by atoms with Crippen molar-refractivity contribution in [3.63, 3.8) is 0 Å². The van der Waals surface area contributed by atoms with Crippen LogP contribution in [0.1, 0.15) is 22.8 Å². The smallest absolute Gasteiger partial charge is 0.335 e. The molecule has 2 rings (SSSR count). The molecule has 3 N–H and O–H groups in total. The van der Waals surface area contributed by atoms with Crippen LogP contribution in [0.25, 0.3) is 0 Å². The molecule has 2 aromatic rings. The molecule has 0 atom stereocenters. The summed E-state index contributed by atoms with van der Waals surface area (Å²) < 4.78 is 0. The monoisotopic (exact) mass is 270 g/mol. The molecule has 20 heavy (non-hydrogen) atoms. The first-order valence-corrected chi connectivity index (χ1v) is 6.50. The quantitative estimate of drug-likeness (QED) is 0.835. The highest BCUT2D eigenvalue weighted by atomic mass is 16.4. The van der Waals surface area contributed by atoms with Crippen LogP contribution in [0.3, 0.4) is 0 Å². The minimum absolute atomic E-state index is 0.201. The molecule has 104 valence electrons. The van der Waals surface area contributed by atoms with Gasteiger partial charge >= 0.3 is 5.97 Å². The van der Waals surface area contributed by atoms with Gasteiger partial charge in [-0.25, -0.2) is 4.79 Å². The molecule has 0 aromatic heterocycles. The highest BCUT2D eigenvalue weighted by Crippen LogP contribution is 2.32. The number of carboxylic acids is 1. The van der Waals surface area contributed by atoms with Crippen molar-refractivity contribution < 1.29 is 9.90 Å². The summed E-state index contributed by atoms with van der Waals surface area (Å²) in [4.78, 5) is 13.0. The molecule has 4 nitrogen and oxygen atoms in total. The summed E-state index contributed by atoms with van der Waals surface area (Å²) in [7, 11) is 0. The van der Waals surface area contributed by atoms with Crippen molar-refractivity contribution in [1.29, 1.82) is 0 Å². The van der Waals surface area contributed by atoms with Gasteiger partial charge in [-0.2, -0.15) is 0 Å². The Labute approximate surface area is 118 Å². The average Bonchev–Trinajstić information content (AvgIpc) is 2.43. The van der Waals surface area contributed by atoms with Crippen LogP contribution in [0.5, 0.6) is 0 Å². The third-order valence-corrected chi connectivity index (χ3v) is 3.29. The number of nitrogen functional groups attached to an aromatic ring is 1. The van der Waals surface area contributed by atoms with Crippen LogP contribution in [0, 0.1) is 6.92 Å². The van der Waals surface area contributed by atoms with Gasteiger partial charge < -0.3 is 15.7 Å². The van der Waals surface area contributed by atoms with Gasteiger partial charge in [-0.15, -0.1) is 0 Å². The van der Waals surface area contributed by atoms with Gasteiger partial charge in [0.05, 0.1) is 16.9 Å². The number of anilines is 3. The molecule has 0 amide bonds. The van der Waals surface area contributed by atoms with Crippen LogP contribution in [-0.4, -0.2) is 17.6 Å². The van der Waals surface area contributed by atoms with Gasteiger partial charge in [-0.05, 0) is 43.7 Å². The van der Waals surface area contributed by atoms with E-state index in [1.807, 2.05) is 38.1 Å². The minimum Gasteiger partial charge on any atom is -0.478 e. The Bertz CT molecular complexity index is 638. The first-order chi connectivity index (χ1) is 9.54. The third-order valence-electron chi connectivity index (χ3n) is 3.29. The fraction of sp³-hybridized carbons (Fsp3) is 0.188. The summed E-state index contributed by atoms with van der Waals surface area (Å²) in [5.41, 5.74) is 9.74. The van der Waals surface area contributed by atoms with Gasteiger partial charge in [0, 0.05) is 12.2 Å². The molecule has 0 saturated heterocycles. The Balaban J connectivity index is 2.48. The van der Waals surface area contributed by atoms with Crippen LogP contribution >= 0.6 is 0 Å². The number of nitrogens with zero attached hydrogens (tertiary/aromatic N) is 1. The number of hydrogen-bond donors (Lipinski definition) is 2. The Morgan fingerprint density at radius 3 is 2.45 bits per heavy atom. The van der Waals surface area contributed by atoms with E-state index in [0.717, 1.165) is 23.5 Å². The maximum absolute atomic E-state index is 11.0. The molecule has 0 radical (unpaired) electrons. The predicted octanol–water partition coefficient (Wildman–Crippen LogP) is 3.43. The largest absolute Gasteiger partial charge is 0.478 e. The summed E-state index contributed by atoms with van der Waals surface area (Å²) >= 11 is 0. The Morgan fingerprint density at radius 2 is 1.90 bits per heavy atom. The zero-order valence-corrected chi connectivity index (χ0v) is 11.6. The van der Waals surface area contributed by atoms with E-state index < -0.39 is 5.97 Å². The lowest BCUT2D eigenvalue weighted by Crippen LogP contribution is -2.18. The number of carboxylic acid groups (broad SMARTS) is 1. The lowest BCUT2D eigenvalue weighted by molar-refractivity contribution is 0.0697. The van der Waals surface area contributed by atoms with Gasteiger partial charge in [0.2, 0.25) is 0 Å². The average molecular weight is 270 g/mol. The maximum atomic E-state index is 11.0. The number of carbonyl (C=O) groups is 1. The fourth-order valence-electron chi connectivity index (χ4n) is 2.27. The fourth-order valence-corrected chi connectivity index (χ4v) is 2.27. The molecule has 2 aromatic carbocycles. The van der Waals surface area contributed by atoms with Crippen molar-refractivity contribution >= 4 is 23.0 Å². The first-order valence-electron chi connectivity index (χ1n) is 6.50. The molecule has 0 spiro atoms. The molecule has 0 fully saturated rings. The first kappa shape index (κ1) is 13.9. The summed E-state index contributed by atoms with van der Waals surface area (Å²) in [6.07, 6.45) is 0. The number of hydrogen-bond acceptors (Lipinski definition) is 3. The topological polar surface area (TPSA) is 66.6 Å². The van der Waals surface area contributed by atoms with Gasteiger partial charge in [-0.1, -0.05) is 18.2 Å². The summed E-state index contributed by atoms with van der Waals surface area (Å²) in [6, 6.07) is 12.9. The van der Waals surface area contributed by atoms with Crippen molar-refractivity contribution in [2.75, 3.05) is 17.2 Å². The van der Waals surface area contributed by atoms with E-state index in [4.69, 9.17) is 10.8 Å². The third kappa shape index (κ3) is 2.59. The molecular weight excluding hydrogens is 252 g/mol. The second-order valence-electron chi connectivity index (χ2n) is 4.61. The van der Waals surface area contributed by atoms with Crippen molar-refractivity contribution in [3.05, 3.63) is 53.6 Å². The van der Waals surface area contributed by atoms with E-state index in [-0.39, 0.29) is 5.56 Å². The maximum Gasteiger partial charge on any atom is 0.335 e. The zero-order valence-electron chi connectivity index (χ0n) is 11.6. The summed E-state index contributed by atoms with van der Waals surface area (Å²) in [5.74, 6) is -0.970. The number of nitrogens with two attached hydrogens (primary N) is 1. The number of benzene rings is 2. The van der Waals surface area contributed by atoms with E-state index in [0.29, 0.717) is 5.69 Å². The van der Waals surface area contributed by atoms with Crippen molar-refractivity contribution in [2.24, 2.45) is 0 Å². The highest BCUT2D eigenvalue weighted by molar-refractivity contribution is 5.91. The van der Waals surface area contributed by atoms with Crippen molar-refractivity contribution in [2.45, 2.75) is 13.8 Å². The van der Waals surface area contributed by atoms with E-state index in [2.05, 4.69) is 4.90 Å². The number of aromatic carboxylic acids is 1. The van der Waals surface area contributed by atoms with Gasteiger partial charge in [-0.3, -0.25) is 0 Å². The minimum atomic E-state index is -0.970. The highest BCUT2D eigenvalue weighted by Gasteiger charge is 2.14. The van der Waals surface area contributed by atoms with E-state index in [1.54, 1.807) is 12.1 Å². The zero-order chi connectivity index (χ0) is 14.7. The molecular formula is C16H18N2O2. The van der Waals surface area contributed by atoms with Crippen molar-refractivity contribution in [1.82, 2.24) is 0 Å². The van der Waals surface area contributed by atoms with Crippen LogP contribution in [-0.2, 0) is 0 Å². The Hall–Kier alpha value is -2.49. The molecule has 0 saturated carbocycles. The molecule has 0 aliphatic rings. The van der Waals surface area contributed by atoms with Gasteiger partial charge in [0.15, 0.2) is 0 Å². The van der Waals surface area contributed by atoms with Crippen LogP contribution in [0.15, 0.2) is 42.5 Å². The SMILES string of the molecule is CCN(c1ccccc1C)c1ccc(C(=O)O)cc1N. The van der Waals surface area contributed by atoms with Crippen LogP contribution in [0.2, 0.25) is 0 Å². The number of rotatable bonds is 4.